The lowest BCUT2D eigenvalue weighted by Gasteiger charge is -2.39. The van der Waals surface area contributed by atoms with E-state index in [-0.39, 0.29) is 11.0 Å². The standard InChI is InChI=1S/C23H31NO2/c1-22(2,3)18-13-17(15-24-23(4)11-6-12-23)21(25)20(14-18)16-7-9-19(26-5)10-8-16/h7-10,13-14,24-25H,6,11-12,15H2,1-5H3. The van der Waals surface area contributed by atoms with Crippen molar-refractivity contribution < 1.29 is 9.84 Å². The van der Waals surface area contributed by atoms with Crippen LogP contribution >= 0.6 is 0 Å². The van der Waals surface area contributed by atoms with Gasteiger partial charge in [0, 0.05) is 23.2 Å². The van der Waals surface area contributed by atoms with Crippen molar-refractivity contribution in [1.29, 1.82) is 0 Å². The van der Waals surface area contributed by atoms with E-state index >= 15 is 0 Å². The molecule has 3 heteroatoms. The Morgan fingerprint density at radius 1 is 1.12 bits per heavy atom. The van der Waals surface area contributed by atoms with Crippen molar-refractivity contribution in [2.75, 3.05) is 7.11 Å². The molecule has 2 N–H and O–H groups in total. The Morgan fingerprint density at radius 2 is 1.77 bits per heavy atom. The highest BCUT2D eigenvalue weighted by Crippen LogP contribution is 2.39. The summed E-state index contributed by atoms with van der Waals surface area (Å²) < 4.78 is 5.26. The molecule has 1 fully saturated rings. The molecule has 1 aliphatic rings. The van der Waals surface area contributed by atoms with Crippen LogP contribution in [0.1, 0.15) is 58.1 Å². The molecule has 0 aliphatic heterocycles. The van der Waals surface area contributed by atoms with Crippen LogP contribution < -0.4 is 10.1 Å². The second-order valence-corrected chi connectivity index (χ2v) is 8.78. The third-order valence-electron chi connectivity index (χ3n) is 5.62. The maximum absolute atomic E-state index is 11.0. The van der Waals surface area contributed by atoms with Crippen molar-refractivity contribution in [2.24, 2.45) is 0 Å². The van der Waals surface area contributed by atoms with Crippen molar-refractivity contribution in [1.82, 2.24) is 5.32 Å². The molecular formula is C23H31NO2. The molecule has 0 saturated heterocycles. The Bertz CT molecular complexity index is 768. The molecule has 0 heterocycles. The first-order chi connectivity index (χ1) is 12.2. The van der Waals surface area contributed by atoms with Crippen molar-refractivity contribution in [2.45, 2.75) is 64.5 Å². The van der Waals surface area contributed by atoms with Gasteiger partial charge in [0.05, 0.1) is 7.11 Å². The third kappa shape index (κ3) is 3.88. The molecule has 0 atom stereocenters. The highest BCUT2D eigenvalue weighted by Gasteiger charge is 2.31. The first-order valence-corrected chi connectivity index (χ1v) is 9.48. The van der Waals surface area contributed by atoms with E-state index in [9.17, 15) is 5.11 Å². The molecular weight excluding hydrogens is 322 g/mol. The molecule has 2 aromatic rings. The zero-order valence-corrected chi connectivity index (χ0v) is 16.6. The maximum atomic E-state index is 11.0. The average Bonchev–Trinajstić information content (AvgIpc) is 2.58. The van der Waals surface area contributed by atoms with E-state index in [1.54, 1.807) is 7.11 Å². The van der Waals surface area contributed by atoms with Crippen LogP contribution in [0.2, 0.25) is 0 Å². The summed E-state index contributed by atoms with van der Waals surface area (Å²) in [6, 6.07) is 12.1. The fourth-order valence-corrected chi connectivity index (χ4v) is 3.45. The zero-order chi connectivity index (χ0) is 18.9. The van der Waals surface area contributed by atoms with Crippen LogP contribution in [0.25, 0.3) is 11.1 Å². The fourth-order valence-electron chi connectivity index (χ4n) is 3.45. The smallest absolute Gasteiger partial charge is 0.127 e. The normalized spacial score (nSPS) is 16.2. The SMILES string of the molecule is COc1ccc(-c2cc(C(C)(C)C)cc(CNC3(C)CCC3)c2O)cc1. The topological polar surface area (TPSA) is 41.5 Å². The monoisotopic (exact) mass is 353 g/mol. The second kappa shape index (κ2) is 6.96. The Hall–Kier alpha value is -2.00. The van der Waals surface area contributed by atoms with Gasteiger partial charge < -0.3 is 15.2 Å². The molecule has 3 nitrogen and oxygen atoms in total. The number of phenols is 1. The van der Waals surface area contributed by atoms with Crippen LogP contribution in [0.3, 0.4) is 0 Å². The van der Waals surface area contributed by atoms with E-state index in [4.69, 9.17) is 4.74 Å². The Labute approximate surface area is 157 Å². The fraction of sp³-hybridized carbons (Fsp3) is 0.478. The summed E-state index contributed by atoms with van der Waals surface area (Å²) in [5.74, 6) is 1.19. The van der Waals surface area contributed by atoms with Crippen LogP contribution in [0.15, 0.2) is 36.4 Å². The Kier molecular flexibility index (Phi) is 5.03. The third-order valence-corrected chi connectivity index (χ3v) is 5.62. The van der Waals surface area contributed by atoms with Gasteiger partial charge in [-0.25, -0.2) is 0 Å². The Balaban J connectivity index is 1.99. The van der Waals surface area contributed by atoms with E-state index in [1.165, 1.54) is 24.8 Å². The predicted octanol–water partition coefficient (Wildman–Crippen LogP) is 5.40. The summed E-state index contributed by atoms with van der Waals surface area (Å²) in [6.45, 7) is 9.59. The first kappa shape index (κ1) is 18.8. The second-order valence-electron chi connectivity index (χ2n) is 8.78. The number of methoxy groups -OCH3 is 1. The van der Waals surface area contributed by atoms with Gasteiger partial charge in [-0.05, 0) is 60.9 Å². The van der Waals surface area contributed by atoms with Gasteiger partial charge in [-0.3, -0.25) is 0 Å². The van der Waals surface area contributed by atoms with Crippen LogP contribution in [0.5, 0.6) is 11.5 Å². The van der Waals surface area contributed by atoms with E-state index in [0.717, 1.165) is 22.4 Å². The molecule has 0 aromatic heterocycles. The number of rotatable bonds is 5. The molecule has 1 saturated carbocycles. The van der Waals surface area contributed by atoms with Crippen LogP contribution in [0.4, 0.5) is 0 Å². The molecule has 0 unspecified atom stereocenters. The predicted molar refractivity (Wildman–Crippen MR) is 108 cm³/mol. The molecule has 0 amide bonds. The molecule has 0 spiro atoms. The van der Waals surface area contributed by atoms with Crippen molar-refractivity contribution >= 4 is 0 Å². The van der Waals surface area contributed by atoms with Gasteiger partial charge in [-0.1, -0.05) is 39.0 Å². The van der Waals surface area contributed by atoms with Gasteiger partial charge in [-0.15, -0.1) is 0 Å². The summed E-state index contributed by atoms with van der Waals surface area (Å²) in [5.41, 5.74) is 4.32. The molecule has 0 radical (unpaired) electrons. The first-order valence-electron chi connectivity index (χ1n) is 9.48. The van der Waals surface area contributed by atoms with Gasteiger partial charge in [0.2, 0.25) is 0 Å². The number of hydrogen-bond acceptors (Lipinski definition) is 3. The van der Waals surface area contributed by atoms with Gasteiger partial charge in [0.25, 0.3) is 0 Å². The highest BCUT2D eigenvalue weighted by molar-refractivity contribution is 5.73. The minimum absolute atomic E-state index is 0.0179. The van der Waals surface area contributed by atoms with Gasteiger partial charge >= 0.3 is 0 Å². The summed E-state index contributed by atoms with van der Waals surface area (Å²) in [4.78, 5) is 0. The maximum Gasteiger partial charge on any atom is 0.127 e. The van der Waals surface area contributed by atoms with Gasteiger partial charge in [0.15, 0.2) is 0 Å². The summed E-state index contributed by atoms with van der Waals surface area (Å²) in [7, 11) is 1.66. The highest BCUT2D eigenvalue weighted by atomic mass is 16.5. The summed E-state index contributed by atoms with van der Waals surface area (Å²) in [5, 5.41) is 14.6. The van der Waals surface area contributed by atoms with Gasteiger partial charge in [-0.2, -0.15) is 0 Å². The number of aromatic hydroxyl groups is 1. The molecule has 0 bridgehead atoms. The van der Waals surface area contributed by atoms with Crippen molar-refractivity contribution in [3.8, 4) is 22.6 Å². The molecule has 26 heavy (non-hydrogen) atoms. The average molecular weight is 354 g/mol. The van der Waals surface area contributed by atoms with E-state index < -0.39 is 0 Å². The molecule has 2 aromatic carbocycles. The van der Waals surface area contributed by atoms with Crippen molar-refractivity contribution in [3.05, 3.63) is 47.5 Å². The van der Waals surface area contributed by atoms with Crippen LogP contribution in [-0.4, -0.2) is 17.8 Å². The molecule has 3 rings (SSSR count). The van der Waals surface area contributed by atoms with Crippen molar-refractivity contribution in [3.63, 3.8) is 0 Å². The Morgan fingerprint density at radius 3 is 2.27 bits per heavy atom. The molecule has 1 aliphatic carbocycles. The van der Waals surface area contributed by atoms with E-state index in [0.29, 0.717) is 12.3 Å². The number of ether oxygens (including phenoxy) is 1. The van der Waals surface area contributed by atoms with Crippen LogP contribution in [-0.2, 0) is 12.0 Å². The number of phenolic OH excluding ortho intramolecular Hbond substituents is 1. The largest absolute Gasteiger partial charge is 0.507 e. The van der Waals surface area contributed by atoms with Crippen LogP contribution in [0, 0.1) is 0 Å². The van der Waals surface area contributed by atoms with Gasteiger partial charge in [0.1, 0.15) is 11.5 Å². The molecule has 140 valence electrons. The number of nitrogens with one attached hydrogen (secondary N) is 1. The number of benzene rings is 2. The number of hydrogen-bond donors (Lipinski definition) is 2. The minimum atomic E-state index is 0.0179. The summed E-state index contributed by atoms with van der Waals surface area (Å²) in [6.07, 6.45) is 3.70. The lowest BCUT2D eigenvalue weighted by molar-refractivity contribution is 0.206. The lowest BCUT2D eigenvalue weighted by Crippen LogP contribution is -2.47. The minimum Gasteiger partial charge on any atom is -0.507 e. The lowest BCUT2D eigenvalue weighted by atomic mass is 9.78. The zero-order valence-electron chi connectivity index (χ0n) is 16.6. The van der Waals surface area contributed by atoms with E-state index in [2.05, 4.69) is 45.1 Å². The van der Waals surface area contributed by atoms with E-state index in [1.807, 2.05) is 24.3 Å². The summed E-state index contributed by atoms with van der Waals surface area (Å²) >= 11 is 0. The quantitative estimate of drug-likeness (QED) is 0.756.